The molecule has 0 aliphatic heterocycles. The van der Waals surface area contributed by atoms with E-state index in [1.165, 1.54) is 0 Å². The second-order valence-electron chi connectivity index (χ2n) is 4.53. The second kappa shape index (κ2) is 9.39. The molecule has 6 heteroatoms. The third-order valence-electron chi connectivity index (χ3n) is 2.50. The summed E-state index contributed by atoms with van der Waals surface area (Å²) in [4.78, 5) is 1.59. The molecule has 0 N–H and O–H groups in total. The van der Waals surface area contributed by atoms with Crippen LogP contribution in [0.1, 0.15) is 40.5 Å². The van der Waals surface area contributed by atoms with Crippen molar-refractivity contribution in [2.75, 3.05) is 13.0 Å². The normalized spacial score (nSPS) is 12.4. The number of halogens is 3. The van der Waals surface area contributed by atoms with E-state index < -0.39 is 13.4 Å². The predicted molar refractivity (Wildman–Crippen MR) is 59.9 cm³/mol. The largest absolute Gasteiger partial charge is 1.00 e. The van der Waals surface area contributed by atoms with Crippen molar-refractivity contribution in [3.63, 3.8) is 0 Å². The Balaban J connectivity index is 0. The Hall–Kier alpha value is 1.45. The first-order chi connectivity index (χ1) is 6.80. The third kappa shape index (κ3) is 9.48. The van der Waals surface area contributed by atoms with Gasteiger partial charge in [-0.1, -0.05) is 27.7 Å². The topological polar surface area (TPSA) is 3.24 Å². The van der Waals surface area contributed by atoms with Crippen LogP contribution >= 0.6 is 0 Å². The molecule has 0 aromatic heterocycles. The van der Waals surface area contributed by atoms with Gasteiger partial charge in [-0.05, 0) is 31.7 Å². The van der Waals surface area contributed by atoms with Crippen LogP contribution in [-0.2, 0) is 0 Å². The fourth-order valence-electron chi connectivity index (χ4n) is 1.91. The molecule has 16 heavy (non-hydrogen) atoms. The van der Waals surface area contributed by atoms with E-state index in [9.17, 15) is 12.9 Å². The van der Waals surface area contributed by atoms with E-state index in [4.69, 9.17) is 0 Å². The van der Waals surface area contributed by atoms with Crippen LogP contribution in [0.4, 0.5) is 12.9 Å². The van der Waals surface area contributed by atoms with Crippen LogP contribution in [-0.4, -0.2) is 30.9 Å². The maximum atomic E-state index is 12.4. The summed E-state index contributed by atoms with van der Waals surface area (Å²) in [6, 6.07) is 0.0656. The van der Waals surface area contributed by atoms with Gasteiger partial charge in [0.2, 0.25) is 0 Å². The predicted octanol–water partition coefficient (Wildman–Crippen LogP) is 0.524. The third-order valence-corrected chi connectivity index (χ3v) is 2.50. The molecule has 0 radical (unpaired) electrons. The molecule has 0 aromatic rings. The van der Waals surface area contributed by atoms with Crippen molar-refractivity contribution >= 4 is 6.98 Å². The first-order valence-electron chi connectivity index (χ1n) is 5.75. The first-order valence-corrected chi connectivity index (χ1v) is 5.75. The van der Waals surface area contributed by atoms with Gasteiger partial charge in [0.15, 0.2) is 0 Å². The van der Waals surface area contributed by atoms with Crippen molar-refractivity contribution in [3.05, 3.63) is 0 Å². The van der Waals surface area contributed by atoms with E-state index in [0.717, 1.165) is 12.8 Å². The monoisotopic (exact) mass is 263 g/mol. The molecule has 1 nitrogen and oxygen atoms in total. The number of rotatable bonds is 7. The van der Waals surface area contributed by atoms with Crippen LogP contribution < -0.4 is 51.4 Å². The Labute approximate surface area is 140 Å². The summed E-state index contributed by atoms with van der Waals surface area (Å²) in [5.74, 6) is 0.281. The molecule has 0 bridgehead atoms. The van der Waals surface area contributed by atoms with E-state index >= 15 is 0 Å². The summed E-state index contributed by atoms with van der Waals surface area (Å²) in [6.45, 7) is 3.65. The zero-order valence-electron chi connectivity index (χ0n) is 11.1. The molecule has 0 aromatic carbocycles. The van der Waals surface area contributed by atoms with Gasteiger partial charge in [0, 0.05) is 6.04 Å². The standard InChI is InChI=1S/C10H22BF3N.K/c1-5-10(6-2)15(7-9(3)4)8-11(12,13)14;/h9-10H,5-8H2,1-4H3;/q-1;+1. The van der Waals surface area contributed by atoms with Crippen molar-refractivity contribution in [1.82, 2.24) is 4.90 Å². The van der Waals surface area contributed by atoms with Crippen molar-refractivity contribution in [2.45, 2.75) is 46.6 Å². The number of nitrogens with zero attached hydrogens (tertiary/aromatic N) is 1. The fourth-order valence-corrected chi connectivity index (χ4v) is 1.91. The zero-order chi connectivity index (χ0) is 12.1. The summed E-state index contributed by atoms with van der Waals surface area (Å²) >= 11 is 0. The van der Waals surface area contributed by atoms with Crippen molar-refractivity contribution in [1.29, 1.82) is 0 Å². The van der Waals surface area contributed by atoms with Crippen LogP contribution in [0.25, 0.3) is 0 Å². The molecule has 0 spiro atoms. The molecule has 92 valence electrons. The minimum Gasteiger partial charge on any atom is -0.448 e. The van der Waals surface area contributed by atoms with Gasteiger partial charge in [-0.2, -0.15) is 0 Å². The molecular weight excluding hydrogens is 241 g/mol. The first kappa shape index (κ1) is 19.8. The molecule has 0 rings (SSSR count). The van der Waals surface area contributed by atoms with Gasteiger partial charge >= 0.3 is 58.4 Å². The zero-order valence-corrected chi connectivity index (χ0v) is 14.3. The Morgan fingerprint density at radius 3 is 1.75 bits per heavy atom. The van der Waals surface area contributed by atoms with Gasteiger partial charge in [-0.25, -0.2) is 0 Å². The number of hydrogen-bond acceptors (Lipinski definition) is 1. The maximum absolute atomic E-state index is 12.4. The van der Waals surface area contributed by atoms with E-state index in [0.29, 0.717) is 6.54 Å². The summed E-state index contributed by atoms with van der Waals surface area (Å²) in [5, 5.41) is 0. The molecule has 0 heterocycles. The summed E-state index contributed by atoms with van der Waals surface area (Å²) < 4.78 is 37.2. The van der Waals surface area contributed by atoms with Gasteiger partial charge in [0.05, 0.1) is 0 Å². The number of hydrogen-bond donors (Lipinski definition) is 0. The fraction of sp³-hybridized carbons (Fsp3) is 1.00. The molecule has 0 saturated carbocycles. The van der Waals surface area contributed by atoms with E-state index in [1.54, 1.807) is 4.90 Å². The minimum atomic E-state index is -4.70. The SMILES string of the molecule is CCC(CC)N(CC(C)C)C[B-](F)(F)F.[K+]. The van der Waals surface area contributed by atoms with Crippen LogP contribution in [0.2, 0.25) is 0 Å². The molecular formula is C10H22BF3KN. The molecule has 0 fully saturated rings. The van der Waals surface area contributed by atoms with Crippen molar-refractivity contribution < 1.29 is 64.3 Å². The van der Waals surface area contributed by atoms with Crippen molar-refractivity contribution in [3.8, 4) is 0 Å². The average molecular weight is 263 g/mol. The van der Waals surface area contributed by atoms with Crippen LogP contribution in [0.3, 0.4) is 0 Å². The Kier molecular flexibility index (Phi) is 11.6. The van der Waals surface area contributed by atoms with Crippen LogP contribution in [0.15, 0.2) is 0 Å². The molecule has 0 saturated heterocycles. The summed E-state index contributed by atoms with van der Waals surface area (Å²) in [5.41, 5.74) is 0. The van der Waals surface area contributed by atoms with Gasteiger partial charge < -0.3 is 17.8 Å². The molecule has 0 atom stereocenters. The van der Waals surface area contributed by atoms with E-state index in [2.05, 4.69) is 0 Å². The van der Waals surface area contributed by atoms with E-state index in [1.807, 2.05) is 27.7 Å². The van der Waals surface area contributed by atoms with Gasteiger partial charge in [-0.15, -0.1) is 0 Å². The van der Waals surface area contributed by atoms with Crippen LogP contribution in [0, 0.1) is 5.92 Å². The van der Waals surface area contributed by atoms with Crippen LogP contribution in [0.5, 0.6) is 0 Å². The van der Waals surface area contributed by atoms with E-state index in [-0.39, 0.29) is 63.3 Å². The van der Waals surface area contributed by atoms with Gasteiger partial charge in [0.25, 0.3) is 0 Å². The van der Waals surface area contributed by atoms with Gasteiger partial charge in [-0.3, -0.25) is 0 Å². The Morgan fingerprint density at radius 2 is 1.50 bits per heavy atom. The summed E-state index contributed by atoms with van der Waals surface area (Å²) in [6.07, 6.45) is 0.856. The Morgan fingerprint density at radius 1 is 1.06 bits per heavy atom. The molecule has 0 aliphatic carbocycles. The maximum Gasteiger partial charge on any atom is 1.00 e. The quantitative estimate of drug-likeness (QED) is 0.605. The van der Waals surface area contributed by atoms with Crippen molar-refractivity contribution in [2.24, 2.45) is 5.92 Å². The molecule has 0 aliphatic rings. The summed E-state index contributed by atoms with van der Waals surface area (Å²) in [7, 11) is 0. The average Bonchev–Trinajstić information content (AvgIpc) is 2.01. The minimum absolute atomic E-state index is 0. The smallest absolute Gasteiger partial charge is 0.448 e. The molecule has 0 amide bonds. The molecule has 0 unspecified atom stereocenters. The van der Waals surface area contributed by atoms with Gasteiger partial charge in [0.1, 0.15) is 0 Å². The second-order valence-corrected chi connectivity index (χ2v) is 4.53. The Bertz CT molecular complexity index is 172.